The molecular weight excluding hydrogens is 224 g/mol. The first-order chi connectivity index (χ1) is 8.69. The minimum Gasteiger partial charge on any atom is -0.489 e. The van der Waals surface area contributed by atoms with Crippen molar-refractivity contribution in [1.29, 1.82) is 0 Å². The van der Waals surface area contributed by atoms with Crippen LogP contribution >= 0.6 is 0 Å². The lowest BCUT2D eigenvalue weighted by molar-refractivity contribution is 0.259. The lowest BCUT2D eigenvalue weighted by atomic mass is 10.1. The van der Waals surface area contributed by atoms with Crippen LogP contribution in [0.2, 0.25) is 0 Å². The van der Waals surface area contributed by atoms with Crippen molar-refractivity contribution in [1.82, 2.24) is 0 Å². The minimum absolute atomic E-state index is 0.00299. The quantitative estimate of drug-likeness (QED) is 0.890. The second-order valence-electron chi connectivity index (χ2n) is 4.55. The Hall–Kier alpha value is -1.80. The first-order valence-electron chi connectivity index (χ1n) is 6.08. The second-order valence-corrected chi connectivity index (χ2v) is 4.55. The van der Waals surface area contributed by atoms with Gasteiger partial charge >= 0.3 is 0 Å². The third kappa shape index (κ3) is 3.11. The number of aliphatic hydroxyl groups is 1. The van der Waals surface area contributed by atoms with E-state index in [0.29, 0.717) is 6.61 Å². The van der Waals surface area contributed by atoms with Crippen molar-refractivity contribution in [3.05, 3.63) is 64.7 Å². The van der Waals surface area contributed by atoms with E-state index in [4.69, 9.17) is 4.74 Å². The zero-order valence-corrected chi connectivity index (χ0v) is 10.8. The van der Waals surface area contributed by atoms with Gasteiger partial charge in [0, 0.05) is 5.56 Å². The maximum Gasteiger partial charge on any atom is 0.125 e. The number of ether oxygens (including phenoxy) is 1. The smallest absolute Gasteiger partial charge is 0.125 e. The first kappa shape index (κ1) is 12.7. The molecule has 94 valence electrons. The summed E-state index contributed by atoms with van der Waals surface area (Å²) in [4.78, 5) is 0. The summed E-state index contributed by atoms with van der Waals surface area (Å²) in [6.45, 7) is 4.69. The number of aliphatic hydroxyl groups excluding tert-OH is 1. The lowest BCUT2D eigenvalue weighted by Gasteiger charge is -2.11. The highest BCUT2D eigenvalue weighted by molar-refractivity contribution is 5.33. The van der Waals surface area contributed by atoms with Crippen molar-refractivity contribution in [2.45, 2.75) is 27.1 Å². The number of rotatable bonds is 4. The molecule has 0 radical (unpaired) electrons. The highest BCUT2D eigenvalue weighted by Crippen LogP contribution is 2.19. The first-order valence-corrected chi connectivity index (χ1v) is 6.08. The van der Waals surface area contributed by atoms with Gasteiger partial charge in [-0.15, -0.1) is 0 Å². The van der Waals surface area contributed by atoms with E-state index in [9.17, 15) is 5.11 Å². The summed E-state index contributed by atoms with van der Waals surface area (Å²) in [6.07, 6.45) is 0. The van der Waals surface area contributed by atoms with E-state index in [-0.39, 0.29) is 6.61 Å². The number of benzene rings is 2. The Morgan fingerprint density at radius 1 is 1.00 bits per heavy atom. The summed E-state index contributed by atoms with van der Waals surface area (Å²) in [5.41, 5.74) is 4.45. The van der Waals surface area contributed by atoms with Crippen molar-refractivity contribution in [2.24, 2.45) is 0 Å². The average molecular weight is 242 g/mol. The van der Waals surface area contributed by atoms with Crippen molar-refractivity contribution < 1.29 is 9.84 Å². The molecule has 0 fully saturated rings. The van der Waals surface area contributed by atoms with Crippen LogP contribution < -0.4 is 4.74 Å². The Morgan fingerprint density at radius 3 is 2.33 bits per heavy atom. The Bertz CT molecular complexity index is 512. The zero-order valence-electron chi connectivity index (χ0n) is 10.8. The molecule has 0 aromatic heterocycles. The molecule has 0 heterocycles. The van der Waals surface area contributed by atoms with E-state index < -0.39 is 0 Å². The molecule has 18 heavy (non-hydrogen) atoms. The third-order valence-electron chi connectivity index (χ3n) is 2.82. The van der Waals surface area contributed by atoms with Crippen molar-refractivity contribution in [2.75, 3.05) is 0 Å². The highest BCUT2D eigenvalue weighted by atomic mass is 16.5. The van der Waals surface area contributed by atoms with Crippen LogP contribution in [0.15, 0.2) is 42.5 Å². The topological polar surface area (TPSA) is 29.5 Å². The lowest BCUT2D eigenvalue weighted by Crippen LogP contribution is -1.99. The molecule has 0 aliphatic carbocycles. The normalized spacial score (nSPS) is 10.4. The van der Waals surface area contributed by atoms with E-state index in [1.54, 1.807) is 0 Å². The number of hydrogen-bond acceptors (Lipinski definition) is 2. The summed E-state index contributed by atoms with van der Waals surface area (Å²) in [6, 6.07) is 13.9. The molecule has 2 heteroatoms. The largest absolute Gasteiger partial charge is 0.489 e. The van der Waals surface area contributed by atoms with Gasteiger partial charge in [0.25, 0.3) is 0 Å². The van der Waals surface area contributed by atoms with Gasteiger partial charge in [-0.1, -0.05) is 47.5 Å². The van der Waals surface area contributed by atoms with Gasteiger partial charge in [0.15, 0.2) is 0 Å². The van der Waals surface area contributed by atoms with Crippen molar-refractivity contribution in [3.63, 3.8) is 0 Å². The van der Waals surface area contributed by atoms with Gasteiger partial charge in [0.05, 0.1) is 6.61 Å². The molecule has 0 atom stereocenters. The van der Waals surface area contributed by atoms with Gasteiger partial charge in [-0.05, 0) is 25.5 Å². The van der Waals surface area contributed by atoms with Crippen LogP contribution in [0.3, 0.4) is 0 Å². The summed E-state index contributed by atoms with van der Waals surface area (Å²) >= 11 is 0. The molecule has 2 nitrogen and oxygen atoms in total. The summed E-state index contributed by atoms with van der Waals surface area (Å²) < 4.78 is 5.76. The monoisotopic (exact) mass is 242 g/mol. The van der Waals surface area contributed by atoms with Gasteiger partial charge in [-0.2, -0.15) is 0 Å². The van der Waals surface area contributed by atoms with Crippen LogP contribution in [0.5, 0.6) is 5.75 Å². The molecule has 0 bridgehead atoms. The maximum absolute atomic E-state index is 9.22. The Labute approximate surface area is 108 Å². The summed E-state index contributed by atoms with van der Waals surface area (Å²) in [5, 5.41) is 9.22. The van der Waals surface area contributed by atoms with Crippen LogP contribution in [-0.4, -0.2) is 5.11 Å². The predicted octanol–water partition coefficient (Wildman–Crippen LogP) is 3.37. The average Bonchev–Trinajstić information content (AvgIpc) is 2.35. The van der Waals surface area contributed by atoms with E-state index in [1.165, 1.54) is 11.1 Å². The third-order valence-corrected chi connectivity index (χ3v) is 2.82. The van der Waals surface area contributed by atoms with E-state index in [0.717, 1.165) is 16.9 Å². The molecule has 1 N–H and O–H groups in total. The van der Waals surface area contributed by atoms with E-state index >= 15 is 0 Å². The summed E-state index contributed by atoms with van der Waals surface area (Å²) in [5.74, 6) is 0.749. The van der Waals surface area contributed by atoms with Crippen molar-refractivity contribution in [3.8, 4) is 5.75 Å². The molecular formula is C16H18O2. The number of para-hydroxylation sites is 1. The van der Waals surface area contributed by atoms with Crippen LogP contribution in [0.4, 0.5) is 0 Å². The molecule has 0 aliphatic heterocycles. The van der Waals surface area contributed by atoms with E-state index in [1.807, 2.05) is 24.3 Å². The van der Waals surface area contributed by atoms with E-state index in [2.05, 4.69) is 32.0 Å². The standard InChI is InChI=1S/C16H18O2/c1-12-7-13(2)9-14(8-12)11-18-16-6-4-3-5-15(16)10-17/h3-9,17H,10-11H2,1-2H3. The summed E-state index contributed by atoms with van der Waals surface area (Å²) in [7, 11) is 0. The minimum atomic E-state index is 0.00299. The molecule has 0 unspecified atom stereocenters. The van der Waals surface area contributed by atoms with Crippen LogP contribution in [0.25, 0.3) is 0 Å². The molecule has 0 amide bonds. The molecule has 0 saturated heterocycles. The van der Waals surface area contributed by atoms with Gasteiger partial charge in [-0.25, -0.2) is 0 Å². The predicted molar refractivity (Wildman–Crippen MR) is 72.6 cm³/mol. The number of hydrogen-bond donors (Lipinski definition) is 1. The Kier molecular flexibility index (Phi) is 4.00. The van der Waals surface area contributed by atoms with Gasteiger partial charge in [0.1, 0.15) is 12.4 Å². The maximum atomic E-state index is 9.22. The fourth-order valence-electron chi connectivity index (χ4n) is 2.09. The molecule has 0 aliphatic rings. The van der Waals surface area contributed by atoms with Crippen LogP contribution in [0.1, 0.15) is 22.3 Å². The highest BCUT2D eigenvalue weighted by Gasteiger charge is 2.02. The Balaban J connectivity index is 2.11. The number of aryl methyl sites for hydroxylation is 2. The zero-order chi connectivity index (χ0) is 13.0. The molecule has 0 saturated carbocycles. The second kappa shape index (κ2) is 5.69. The molecule has 2 rings (SSSR count). The van der Waals surface area contributed by atoms with Crippen LogP contribution in [-0.2, 0) is 13.2 Å². The fourth-order valence-corrected chi connectivity index (χ4v) is 2.09. The molecule has 0 spiro atoms. The van der Waals surface area contributed by atoms with Gasteiger partial charge < -0.3 is 9.84 Å². The molecule has 2 aromatic rings. The van der Waals surface area contributed by atoms with Gasteiger partial charge in [0.2, 0.25) is 0 Å². The SMILES string of the molecule is Cc1cc(C)cc(COc2ccccc2CO)c1. The fraction of sp³-hybridized carbons (Fsp3) is 0.250. The van der Waals surface area contributed by atoms with Gasteiger partial charge in [-0.3, -0.25) is 0 Å². The molecule has 2 aromatic carbocycles. The van der Waals surface area contributed by atoms with Crippen molar-refractivity contribution >= 4 is 0 Å². The Morgan fingerprint density at radius 2 is 1.67 bits per heavy atom. The van der Waals surface area contributed by atoms with Crippen LogP contribution in [0, 0.1) is 13.8 Å².